The molecule has 2 atom stereocenters. The number of amides is 1. The summed E-state index contributed by atoms with van der Waals surface area (Å²) in [5.41, 5.74) is 6.37. The fourth-order valence-electron chi connectivity index (χ4n) is 2.68. The van der Waals surface area contributed by atoms with E-state index >= 15 is 0 Å². The van der Waals surface area contributed by atoms with Crippen molar-refractivity contribution in [1.82, 2.24) is 4.90 Å². The van der Waals surface area contributed by atoms with E-state index in [2.05, 4.69) is 6.92 Å². The fourth-order valence-corrected chi connectivity index (χ4v) is 3.39. The van der Waals surface area contributed by atoms with E-state index in [1.54, 1.807) is 6.07 Å². The summed E-state index contributed by atoms with van der Waals surface area (Å²) in [5, 5.41) is 0. The molecule has 0 aliphatic carbocycles. The van der Waals surface area contributed by atoms with E-state index in [4.69, 9.17) is 5.73 Å². The predicted molar refractivity (Wildman–Crippen MR) is 88.6 cm³/mol. The molecule has 0 bridgehead atoms. The monoisotopic (exact) mass is 412 g/mol. The molecule has 1 aliphatic rings. The summed E-state index contributed by atoms with van der Waals surface area (Å²) in [7, 11) is 0. The first-order valence-electron chi connectivity index (χ1n) is 6.50. The van der Waals surface area contributed by atoms with Gasteiger partial charge in [-0.1, -0.05) is 6.92 Å². The van der Waals surface area contributed by atoms with Crippen LogP contribution in [0, 0.1) is 15.3 Å². The molecule has 1 heterocycles. The van der Waals surface area contributed by atoms with Crippen LogP contribution in [0.15, 0.2) is 18.2 Å². The molecule has 1 aromatic rings. The Morgan fingerprint density at radius 3 is 2.85 bits per heavy atom. The Morgan fingerprint density at radius 2 is 2.25 bits per heavy atom. The lowest BCUT2D eigenvalue weighted by molar-refractivity contribution is 0.0531. The number of benzene rings is 1. The summed E-state index contributed by atoms with van der Waals surface area (Å²) in [6.45, 7) is 3.34. The first kappa shape index (κ1) is 17.7. The molecule has 2 rings (SSSR count). The minimum absolute atomic E-state index is 0. The molecule has 6 heteroatoms. The minimum atomic E-state index is -0.316. The highest BCUT2D eigenvalue weighted by molar-refractivity contribution is 14.1. The number of likely N-dealkylation sites (tertiary alicyclic amines) is 1. The van der Waals surface area contributed by atoms with Crippen LogP contribution < -0.4 is 5.73 Å². The van der Waals surface area contributed by atoms with Crippen LogP contribution in [-0.4, -0.2) is 29.9 Å². The van der Waals surface area contributed by atoms with Gasteiger partial charge in [-0.2, -0.15) is 0 Å². The van der Waals surface area contributed by atoms with Gasteiger partial charge in [0.15, 0.2) is 0 Å². The Hall–Kier alpha value is -0.400. The molecule has 3 nitrogen and oxygen atoms in total. The Kier molecular flexibility index (Phi) is 6.68. The topological polar surface area (TPSA) is 46.3 Å². The van der Waals surface area contributed by atoms with Gasteiger partial charge >= 0.3 is 0 Å². The SMILES string of the molecule is CC1CCCN(C(=O)c2ccc(F)cc2I)C1CN.Cl. The maximum Gasteiger partial charge on any atom is 0.255 e. The summed E-state index contributed by atoms with van der Waals surface area (Å²) >= 11 is 2.00. The summed E-state index contributed by atoms with van der Waals surface area (Å²) in [5.74, 6) is 0.0653. The van der Waals surface area contributed by atoms with Gasteiger partial charge < -0.3 is 10.6 Å². The highest BCUT2D eigenvalue weighted by Crippen LogP contribution is 2.25. The van der Waals surface area contributed by atoms with E-state index in [0.717, 1.165) is 19.4 Å². The number of rotatable bonds is 2. The average Bonchev–Trinajstić information content (AvgIpc) is 2.37. The number of halogens is 3. The van der Waals surface area contributed by atoms with Crippen LogP contribution in [0.2, 0.25) is 0 Å². The van der Waals surface area contributed by atoms with E-state index in [9.17, 15) is 9.18 Å². The molecule has 1 fully saturated rings. The third-order valence-electron chi connectivity index (χ3n) is 3.78. The molecule has 0 saturated carbocycles. The fraction of sp³-hybridized carbons (Fsp3) is 0.500. The highest BCUT2D eigenvalue weighted by Gasteiger charge is 2.31. The van der Waals surface area contributed by atoms with Gasteiger partial charge in [0.25, 0.3) is 5.91 Å². The maximum absolute atomic E-state index is 13.1. The third kappa shape index (κ3) is 3.62. The lowest BCUT2D eigenvalue weighted by atomic mass is 9.90. The van der Waals surface area contributed by atoms with Gasteiger partial charge in [0, 0.05) is 22.7 Å². The van der Waals surface area contributed by atoms with E-state index < -0.39 is 0 Å². The van der Waals surface area contributed by atoms with Crippen LogP contribution in [0.4, 0.5) is 4.39 Å². The molecular formula is C14H19ClFIN2O. The number of nitrogens with zero attached hydrogens (tertiary/aromatic N) is 1. The van der Waals surface area contributed by atoms with Crippen LogP contribution in [0.25, 0.3) is 0 Å². The number of hydrogen-bond acceptors (Lipinski definition) is 2. The summed E-state index contributed by atoms with van der Waals surface area (Å²) in [6.07, 6.45) is 2.10. The van der Waals surface area contributed by atoms with Crippen LogP contribution in [0.1, 0.15) is 30.1 Å². The van der Waals surface area contributed by atoms with Crippen molar-refractivity contribution in [2.45, 2.75) is 25.8 Å². The van der Waals surface area contributed by atoms with Crippen molar-refractivity contribution < 1.29 is 9.18 Å². The second-order valence-electron chi connectivity index (χ2n) is 5.05. The zero-order valence-corrected chi connectivity index (χ0v) is 14.3. The van der Waals surface area contributed by atoms with Crippen molar-refractivity contribution in [3.63, 3.8) is 0 Å². The largest absolute Gasteiger partial charge is 0.334 e. The molecule has 0 radical (unpaired) electrons. The number of carbonyl (C=O) groups is 1. The van der Waals surface area contributed by atoms with Gasteiger partial charge in [0.05, 0.1) is 5.56 Å². The number of nitrogens with two attached hydrogens (primary N) is 1. The van der Waals surface area contributed by atoms with Crippen molar-refractivity contribution in [2.24, 2.45) is 11.7 Å². The quantitative estimate of drug-likeness (QED) is 0.759. The Morgan fingerprint density at radius 1 is 1.55 bits per heavy atom. The van der Waals surface area contributed by atoms with Crippen molar-refractivity contribution in [1.29, 1.82) is 0 Å². The normalized spacial score (nSPS) is 22.3. The molecule has 1 aliphatic heterocycles. The predicted octanol–water partition coefficient (Wildman–Crippen LogP) is 3.05. The van der Waals surface area contributed by atoms with E-state index in [1.807, 2.05) is 27.5 Å². The molecule has 2 unspecified atom stereocenters. The Labute approximate surface area is 138 Å². The van der Waals surface area contributed by atoms with E-state index in [0.29, 0.717) is 21.6 Å². The second-order valence-corrected chi connectivity index (χ2v) is 6.21. The first-order valence-corrected chi connectivity index (χ1v) is 7.58. The van der Waals surface area contributed by atoms with Gasteiger partial charge in [-0.15, -0.1) is 12.4 Å². The van der Waals surface area contributed by atoms with E-state index in [1.165, 1.54) is 12.1 Å². The third-order valence-corrected chi connectivity index (χ3v) is 4.67. The molecule has 1 aromatic carbocycles. The van der Waals surface area contributed by atoms with Gasteiger partial charge in [-0.05, 0) is 59.5 Å². The summed E-state index contributed by atoms with van der Waals surface area (Å²) in [6, 6.07) is 4.37. The Balaban J connectivity index is 0.00000200. The molecular weight excluding hydrogens is 394 g/mol. The van der Waals surface area contributed by atoms with Crippen molar-refractivity contribution in [3.05, 3.63) is 33.1 Å². The van der Waals surface area contributed by atoms with Crippen LogP contribution in [0.5, 0.6) is 0 Å². The molecule has 1 saturated heterocycles. The highest BCUT2D eigenvalue weighted by atomic mass is 127. The second kappa shape index (κ2) is 7.56. The number of carbonyl (C=O) groups excluding carboxylic acids is 1. The zero-order valence-electron chi connectivity index (χ0n) is 11.3. The summed E-state index contributed by atoms with van der Waals surface area (Å²) in [4.78, 5) is 14.4. The minimum Gasteiger partial charge on any atom is -0.334 e. The lowest BCUT2D eigenvalue weighted by Crippen LogP contribution is -2.51. The zero-order chi connectivity index (χ0) is 14.0. The van der Waals surface area contributed by atoms with Crippen molar-refractivity contribution >= 4 is 40.9 Å². The van der Waals surface area contributed by atoms with Gasteiger partial charge in [0.1, 0.15) is 5.82 Å². The molecule has 0 spiro atoms. The van der Waals surface area contributed by atoms with Crippen LogP contribution >= 0.6 is 35.0 Å². The Bertz CT molecular complexity index is 486. The summed E-state index contributed by atoms with van der Waals surface area (Å²) < 4.78 is 13.8. The molecule has 20 heavy (non-hydrogen) atoms. The van der Waals surface area contributed by atoms with Crippen molar-refractivity contribution in [3.8, 4) is 0 Å². The first-order chi connectivity index (χ1) is 9.04. The molecule has 1 amide bonds. The average molecular weight is 413 g/mol. The molecule has 112 valence electrons. The smallest absolute Gasteiger partial charge is 0.255 e. The molecule has 2 N–H and O–H groups in total. The van der Waals surface area contributed by atoms with E-state index in [-0.39, 0.29) is 30.2 Å². The van der Waals surface area contributed by atoms with Gasteiger partial charge in [-0.3, -0.25) is 4.79 Å². The lowest BCUT2D eigenvalue weighted by Gasteiger charge is -2.39. The standard InChI is InChI=1S/C14H18FIN2O.ClH/c1-9-3-2-6-18(13(9)8-17)14(19)11-5-4-10(15)7-12(11)16;/h4-5,7,9,13H,2-3,6,8,17H2,1H3;1H. The number of hydrogen-bond donors (Lipinski definition) is 1. The number of piperidine rings is 1. The van der Waals surface area contributed by atoms with Crippen LogP contribution in [-0.2, 0) is 0 Å². The van der Waals surface area contributed by atoms with Gasteiger partial charge in [0.2, 0.25) is 0 Å². The van der Waals surface area contributed by atoms with Crippen LogP contribution in [0.3, 0.4) is 0 Å². The van der Waals surface area contributed by atoms with Gasteiger partial charge in [-0.25, -0.2) is 4.39 Å². The maximum atomic E-state index is 13.1. The van der Waals surface area contributed by atoms with Crippen molar-refractivity contribution in [2.75, 3.05) is 13.1 Å². The molecule has 0 aromatic heterocycles.